The fourth-order valence-corrected chi connectivity index (χ4v) is 3.54. The number of carbonyl (C=O) groups is 1. The maximum absolute atomic E-state index is 12.1. The zero-order chi connectivity index (χ0) is 16.2. The van der Waals surface area contributed by atoms with Gasteiger partial charge in [0.05, 0.1) is 12.1 Å². The molecule has 2 aromatic heterocycles. The zero-order valence-corrected chi connectivity index (χ0v) is 14.4. The number of aromatic nitrogens is 3. The summed E-state index contributed by atoms with van der Waals surface area (Å²) in [6.45, 7) is 4.10. The summed E-state index contributed by atoms with van der Waals surface area (Å²) in [6.07, 6.45) is 0.236. The van der Waals surface area contributed by atoms with Crippen LogP contribution in [0, 0.1) is 0 Å². The van der Waals surface area contributed by atoms with E-state index in [1.807, 2.05) is 49.6 Å². The molecule has 5 nitrogen and oxygen atoms in total. The van der Waals surface area contributed by atoms with Crippen molar-refractivity contribution in [1.29, 1.82) is 0 Å². The molecule has 0 aliphatic heterocycles. The van der Waals surface area contributed by atoms with Crippen LogP contribution in [0.1, 0.15) is 30.5 Å². The second kappa shape index (κ2) is 6.97. The van der Waals surface area contributed by atoms with Crippen molar-refractivity contribution >= 4 is 33.7 Å². The van der Waals surface area contributed by atoms with Gasteiger partial charge in [-0.1, -0.05) is 55.5 Å². The molecule has 0 aliphatic rings. The number of thiazole rings is 1. The van der Waals surface area contributed by atoms with Crippen molar-refractivity contribution in [3.63, 3.8) is 0 Å². The van der Waals surface area contributed by atoms with Crippen molar-refractivity contribution in [2.24, 2.45) is 0 Å². The lowest BCUT2D eigenvalue weighted by Crippen LogP contribution is -2.14. The normalized spacial score (nSPS) is 10.9. The number of carbonyl (C=O) groups excluding carboxylic acids is 1. The summed E-state index contributed by atoms with van der Waals surface area (Å²) in [5.41, 5.74) is 1.83. The van der Waals surface area contributed by atoms with Gasteiger partial charge in [-0.2, -0.15) is 0 Å². The number of nitrogens with one attached hydrogen (secondary N) is 1. The van der Waals surface area contributed by atoms with Crippen LogP contribution in [0.3, 0.4) is 0 Å². The number of amides is 1. The average molecular weight is 344 g/mol. The van der Waals surface area contributed by atoms with Crippen LogP contribution in [0.4, 0.5) is 5.13 Å². The third kappa shape index (κ3) is 4.00. The highest BCUT2D eigenvalue weighted by atomic mass is 32.1. The maximum Gasteiger partial charge on any atom is 0.232 e. The molecule has 118 valence electrons. The molecule has 0 saturated carbocycles. The van der Waals surface area contributed by atoms with Gasteiger partial charge in [0, 0.05) is 16.9 Å². The standard InChI is InChI=1S/C16H16N4OS2/c1-10(2)14-19-20-16(23-14)18-13(21)8-12-9-22-15(17-12)11-6-4-3-5-7-11/h3-7,9-10H,8H2,1-2H3,(H,18,20,21). The minimum atomic E-state index is -0.124. The van der Waals surface area contributed by atoms with Crippen LogP contribution in [0.15, 0.2) is 35.7 Å². The van der Waals surface area contributed by atoms with Gasteiger partial charge in [-0.15, -0.1) is 21.5 Å². The quantitative estimate of drug-likeness (QED) is 0.760. The van der Waals surface area contributed by atoms with Gasteiger partial charge in [-0.3, -0.25) is 4.79 Å². The van der Waals surface area contributed by atoms with E-state index in [0.717, 1.165) is 21.3 Å². The van der Waals surface area contributed by atoms with E-state index in [9.17, 15) is 4.79 Å². The molecule has 0 spiro atoms. The van der Waals surface area contributed by atoms with Crippen molar-refractivity contribution in [1.82, 2.24) is 15.2 Å². The SMILES string of the molecule is CC(C)c1nnc(NC(=O)Cc2csc(-c3ccccc3)n2)s1. The monoisotopic (exact) mass is 344 g/mol. The molecule has 23 heavy (non-hydrogen) atoms. The van der Waals surface area contributed by atoms with Crippen LogP contribution in [0.25, 0.3) is 10.6 Å². The van der Waals surface area contributed by atoms with Gasteiger partial charge >= 0.3 is 0 Å². The lowest BCUT2D eigenvalue weighted by molar-refractivity contribution is -0.115. The third-order valence-electron chi connectivity index (χ3n) is 3.10. The predicted molar refractivity (Wildman–Crippen MR) is 93.9 cm³/mol. The first-order valence-electron chi connectivity index (χ1n) is 7.25. The third-order valence-corrected chi connectivity index (χ3v) is 5.17. The van der Waals surface area contributed by atoms with Crippen molar-refractivity contribution in [2.75, 3.05) is 5.32 Å². The van der Waals surface area contributed by atoms with Gasteiger partial charge in [0.25, 0.3) is 0 Å². The fourth-order valence-electron chi connectivity index (χ4n) is 1.95. The van der Waals surface area contributed by atoms with E-state index < -0.39 is 0 Å². The Kier molecular flexibility index (Phi) is 4.78. The van der Waals surface area contributed by atoms with Gasteiger partial charge in [0.1, 0.15) is 10.0 Å². The number of nitrogens with zero attached hydrogens (tertiary/aromatic N) is 3. The lowest BCUT2D eigenvalue weighted by Gasteiger charge is -1.99. The topological polar surface area (TPSA) is 67.8 Å². The summed E-state index contributed by atoms with van der Waals surface area (Å²) < 4.78 is 0. The number of hydrogen-bond acceptors (Lipinski definition) is 6. The summed E-state index contributed by atoms with van der Waals surface area (Å²) >= 11 is 2.95. The van der Waals surface area contributed by atoms with Crippen LogP contribution < -0.4 is 5.32 Å². The van der Waals surface area contributed by atoms with Crippen molar-refractivity contribution < 1.29 is 4.79 Å². The van der Waals surface area contributed by atoms with E-state index in [4.69, 9.17) is 0 Å². The first-order chi connectivity index (χ1) is 11.1. The Hall–Kier alpha value is -2.12. The fraction of sp³-hybridized carbons (Fsp3) is 0.250. The van der Waals surface area contributed by atoms with Gasteiger partial charge in [-0.25, -0.2) is 4.98 Å². The molecule has 0 saturated heterocycles. The Balaban J connectivity index is 1.63. The summed E-state index contributed by atoms with van der Waals surface area (Å²) in [5, 5.41) is 15.1. The van der Waals surface area contributed by atoms with E-state index >= 15 is 0 Å². The molecule has 0 fully saturated rings. The minimum Gasteiger partial charge on any atom is -0.300 e. The smallest absolute Gasteiger partial charge is 0.232 e. The van der Waals surface area contributed by atoms with Crippen LogP contribution in [0.5, 0.6) is 0 Å². The Bertz CT molecular complexity index is 795. The molecular formula is C16H16N4OS2. The Morgan fingerprint density at radius 3 is 2.70 bits per heavy atom. The molecule has 0 radical (unpaired) electrons. The van der Waals surface area contributed by atoms with E-state index in [2.05, 4.69) is 20.5 Å². The molecule has 0 aliphatic carbocycles. The second-order valence-electron chi connectivity index (χ2n) is 5.34. The summed E-state index contributed by atoms with van der Waals surface area (Å²) in [7, 11) is 0. The molecule has 0 atom stereocenters. The molecule has 1 amide bonds. The zero-order valence-electron chi connectivity index (χ0n) is 12.8. The highest BCUT2D eigenvalue weighted by molar-refractivity contribution is 7.15. The molecule has 1 N–H and O–H groups in total. The van der Waals surface area contributed by atoms with E-state index in [1.54, 1.807) is 11.3 Å². The average Bonchev–Trinajstić information content (AvgIpc) is 3.18. The Morgan fingerprint density at radius 2 is 2.00 bits per heavy atom. The molecule has 3 rings (SSSR count). The molecule has 0 bridgehead atoms. The van der Waals surface area contributed by atoms with Crippen LogP contribution >= 0.6 is 22.7 Å². The highest BCUT2D eigenvalue weighted by Crippen LogP contribution is 2.24. The van der Waals surface area contributed by atoms with Crippen LogP contribution in [-0.2, 0) is 11.2 Å². The van der Waals surface area contributed by atoms with E-state index in [1.165, 1.54) is 11.3 Å². The first-order valence-corrected chi connectivity index (χ1v) is 8.94. The molecule has 1 aromatic carbocycles. The minimum absolute atomic E-state index is 0.124. The Morgan fingerprint density at radius 1 is 1.22 bits per heavy atom. The van der Waals surface area contributed by atoms with Crippen LogP contribution in [0.2, 0.25) is 0 Å². The molecule has 3 aromatic rings. The van der Waals surface area contributed by atoms with Crippen molar-refractivity contribution in [3.8, 4) is 10.6 Å². The number of anilines is 1. The summed E-state index contributed by atoms with van der Waals surface area (Å²) in [5.74, 6) is 0.187. The summed E-state index contributed by atoms with van der Waals surface area (Å²) in [4.78, 5) is 16.6. The van der Waals surface area contributed by atoms with Crippen molar-refractivity contribution in [2.45, 2.75) is 26.2 Å². The Labute approximate surface area is 142 Å². The second-order valence-corrected chi connectivity index (χ2v) is 7.20. The van der Waals surface area contributed by atoms with Gasteiger partial charge < -0.3 is 5.32 Å². The number of benzene rings is 1. The van der Waals surface area contributed by atoms with Gasteiger partial charge in [0.15, 0.2) is 0 Å². The highest BCUT2D eigenvalue weighted by Gasteiger charge is 2.12. The number of rotatable bonds is 5. The summed E-state index contributed by atoms with van der Waals surface area (Å²) in [6, 6.07) is 9.95. The van der Waals surface area contributed by atoms with Crippen molar-refractivity contribution in [3.05, 3.63) is 46.4 Å². The largest absolute Gasteiger partial charge is 0.300 e. The van der Waals surface area contributed by atoms with Gasteiger partial charge in [-0.05, 0) is 0 Å². The molecular weight excluding hydrogens is 328 g/mol. The molecule has 2 heterocycles. The maximum atomic E-state index is 12.1. The van der Waals surface area contributed by atoms with E-state index in [0.29, 0.717) is 11.0 Å². The lowest BCUT2D eigenvalue weighted by atomic mass is 10.2. The van der Waals surface area contributed by atoms with Gasteiger partial charge in [0.2, 0.25) is 11.0 Å². The molecule has 7 heteroatoms. The van der Waals surface area contributed by atoms with Crippen LogP contribution in [-0.4, -0.2) is 21.1 Å². The predicted octanol–water partition coefficient (Wildman–Crippen LogP) is 3.97. The first kappa shape index (κ1) is 15.8. The van der Waals surface area contributed by atoms with E-state index in [-0.39, 0.29) is 12.3 Å². The molecule has 0 unspecified atom stereocenters. The number of hydrogen-bond donors (Lipinski definition) is 1.